The first kappa shape index (κ1) is 13.5. The quantitative estimate of drug-likeness (QED) is 0.776. The van der Waals surface area contributed by atoms with Crippen LogP contribution in [0.5, 0.6) is 11.5 Å². The molecule has 110 valence electrons. The number of nitrogens with two attached hydrogens (primary N) is 2. The number of nitrogen functional groups attached to an aromatic ring is 2. The van der Waals surface area contributed by atoms with Crippen LogP contribution in [0.25, 0.3) is 0 Å². The van der Waals surface area contributed by atoms with Gasteiger partial charge in [0.05, 0.1) is 11.9 Å². The Hall–Kier alpha value is -3.47. The standard InChI is InChI=1S/C14H11N5O3/c15-5-9-10(16)4-12(17)19(14(9)20)18-6-8-2-1-3-11-13(8)22-7-21-11/h1-4,6H,7,16-17H2/b18-6+. The Kier molecular flexibility index (Phi) is 3.16. The molecule has 0 atom stereocenters. The van der Waals surface area contributed by atoms with Gasteiger partial charge in [0, 0.05) is 11.6 Å². The molecule has 0 amide bonds. The van der Waals surface area contributed by atoms with E-state index in [1.807, 2.05) is 0 Å². The average Bonchev–Trinajstić information content (AvgIpc) is 2.96. The van der Waals surface area contributed by atoms with Gasteiger partial charge in [-0.2, -0.15) is 15.0 Å². The molecule has 0 aliphatic carbocycles. The van der Waals surface area contributed by atoms with Crippen molar-refractivity contribution in [2.75, 3.05) is 18.3 Å². The van der Waals surface area contributed by atoms with Gasteiger partial charge < -0.3 is 20.9 Å². The maximum absolute atomic E-state index is 12.1. The lowest BCUT2D eigenvalue weighted by molar-refractivity contribution is 0.174. The van der Waals surface area contributed by atoms with Crippen LogP contribution >= 0.6 is 0 Å². The molecular weight excluding hydrogens is 286 g/mol. The van der Waals surface area contributed by atoms with E-state index in [1.54, 1.807) is 24.3 Å². The zero-order valence-electron chi connectivity index (χ0n) is 11.3. The van der Waals surface area contributed by atoms with Crippen LogP contribution in [0.3, 0.4) is 0 Å². The second kappa shape index (κ2) is 5.14. The van der Waals surface area contributed by atoms with Crippen LogP contribution in [0.1, 0.15) is 11.1 Å². The molecule has 1 aliphatic rings. The van der Waals surface area contributed by atoms with E-state index in [0.717, 1.165) is 4.68 Å². The van der Waals surface area contributed by atoms with E-state index in [9.17, 15) is 4.79 Å². The van der Waals surface area contributed by atoms with E-state index in [0.29, 0.717) is 17.1 Å². The SMILES string of the molecule is N#Cc1c(N)cc(N)n(/N=C/c2cccc3c2OCO3)c1=O. The van der Waals surface area contributed by atoms with Crippen LogP contribution in [0.15, 0.2) is 34.2 Å². The molecule has 4 N–H and O–H groups in total. The van der Waals surface area contributed by atoms with Gasteiger partial charge in [0.15, 0.2) is 11.5 Å². The van der Waals surface area contributed by atoms with Gasteiger partial charge in [0.2, 0.25) is 6.79 Å². The number of rotatable bonds is 2. The largest absolute Gasteiger partial charge is 0.454 e. The molecule has 1 aromatic heterocycles. The number of aromatic nitrogens is 1. The zero-order chi connectivity index (χ0) is 15.7. The van der Waals surface area contributed by atoms with E-state index in [1.165, 1.54) is 12.3 Å². The minimum atomic E-state index is -0.680. The molecule has 0 spiro atoms. The van der Waals surface area contributed by atoms with E-state index in [-0.39, 0.29) is 23.9 Å². The summed E-state index contributed by atoms with van der Waals surface area (Å²) in [5, 5.41) is 13.0. The monoisotopic (exact) mass is 297 g/mol. The Labute approximate surface area is 124 Å². The van der Waals surface area contributed by atoms with Crippen LogP contribution in [-0.2, 0) is 0 Å². The molecule has 2 heterocycles. The summed E-state index contributed by atoms with van der Waals surface area (Å²) in [6.45, 7) is 0.128. The number of benzene rings is 1. The number of hydrogen-bond donors (Lipinski definition) is 2. The lowest BCUT2D eigenvalue weighted by Gasteiger charge is -2.06. The second-order valence-electron chi connectivity index (χ2n) is 4.45. The third-order valence-electron chi connectivity index (χ3n) is 3.09. The molecule has 8 heteroatoms. The molecule has 0 saturated heterocycles. The van der Waals surface area contributed by atoms with Crippen molar-refractivity contribution in [3.05, 3.63) is 45.7 Å². The Morgan fingerprint density at radius 1 is 1.36 bits per heavy atom. The number of ether oxygens (including phenoxy) is 2. The first-order valence-electron chi connectivity index (χ1n) is 6.26. The van der Waals surface area contributed by atoms with Gasteiger partial charge in [-0.05, 0) is 12.1 Å². The Morgan fingerprint density at radius 2 is 2.18 bits per heavy atom. The van der Waals surface area contributed by atoms with Crippen molar-refractivity contribution in [2.24, 2.45) is 5.10 Å². The van der Waals surface area contributed by atoms with Crippen LogP contribution < -0.4 is 26.5 Å². The van der Waals surface area contributed by atoms with Gasteiger partial charge in [0.25, 0.3) is 5.56 Å². The molecule has 0 fully saturated rings. The van der Waals surface area contributed by atoms with Crippen molar-refractivity contribution in [1.82, 2.24) is 4.68 Å². The fourth-order valence-electron chi connectivity index (χ4n) is 2.05. The molecule has 0 unspecified atom stereocenters. The first-order valence-corrected chi connectivity index (χ1v) is 6.26. The Morgan fingerprint density at radius 3 is 2.95 bits per heavy atom. The molecule has 3 rings (SSSR count). The minimum Gasteiger partial charge on any atom is -0.454 e. The van der Waals surface area contributed by atoms with Gasteiger partial charge in [-0.3, -0.25) is 4.79 Å². The predicted molar refractivity (Wildman–Crippen MR) is 79.8 cm³/mol. The van der Waals surface area contributed by atoms with Crippen LogP contribution in [0, 0.1) is 11.3 Å². The first-order chi connectivity index (χ1) is 10.6. The maximum atomic E-state index is 12.1. The molecule has 0 saturated carbocycles. The third kappa shape index (κ3) is 2.10. The van der Waals surface area contributed by atoms with Gasteiger partial charge in [-0.1, -0.05) is 6.07 Å². The van der Waals surface area contributed by atoms with E-state index in [2.05, 4.69) is 5.10 Å². The highest BCUT2D eigenvalue weighted by molar-refractivity contribution is 5.85. The fourth-order valence-corrected chi connectivity index (χ4v) is 2.05. The summed E-state index contributed by atoms with van der Waals surface area (Å²) in [5.74, 6) is 1.16. The summed E-state index contributed by atoms with van der Waals surface area (Å²) in [4.78, 5) is 12.1. The number of pyridine rings is 1. The lowest BCUT2D eigenvalue weighted by atomic mass is 10.2. The Bertz CT molecular complexity index is 879. The highest BCUT2D eigenvalue weighted by Crippen LogP contribution is 2.34. The van der Waals surface area contributed by atoms with Crippen molar-refractivity contribution in [3.63, 3.8) is 0 Å². The van der Waals surface area contributed by atoms with Crippen molar-refractivity contribution in [2.45, 2.75) is 0 Å². The number of nitriles is 1. The summed E-state index contributed by atoms with van der Waals surface area (Å²) in [5.41, 5.74) is 11.1. The number of fused-ring (bicyclic) bond motifs is 1. The summed E-state index contributed by atoms with van der Waals surface area (Å²) in [6.07, 6.45) is 1.41. The number of anilines is 2. The summed E-state index contributed by atoms with van der Waals surface area (Å²) < 4.78 is 11.5. The van der Waals surface area contributed by atoms with Gasteiger partial charge in [-0.15, -0.1) is 0 Å². The molecule has 8 nitrogen and oxygen atoms in total. The predicted octanol–water partition coefficient (Wildman–Crippen LogP) is 0.495. The van der Waals surface area contributed by atoms with E-state index in [4.69, 9.17) is 26.2 Å². The normalized spacial score (nSPS) is 12.5. The minimum absolute atomic E-state index is 0.0220. The van der Waals surface area contributed by atoms with Crippen molar-refractivity contribution < 1.29 is 9.47 Å². The zero-order valence-corrected chi connectivity index (χ0v) is 11.3. The summed E-state index contributed by atoms with van der Waals surface area (Å²) in [7, 11) is 0. The van der Waals surface area contributed by atoms with Gasteiger partial charge in [0.1, 0.15) is 17.5 Å². The number of para-hydroxylation sites is 1. The van der Waals surface area contributed by atoms with E-state index < -0.39 is 5.56 Å². The van der Waals surface area contributed by atoms with Gasteiger partial charge >= 0.3 is 0 Å². The lowest BCUT2D eigenvalue weighted by Crippen LogP contribution is -2.23. The van der Waals surface area contributed by atoms with Crippen molar-refractivity contribution in [3.8, 4) is 17.6 Å². The van der Waals surface area contributed by atoms with Crippen molar-refractivity contribution in [1.29, 1.82) is 5.26 Å². The van der Waals surface area contributed by atoms with E-state index >= 15 is 0 Å². The smallest absolute Gasteiger partial charge is 0.292 e. The van der Waals surface area contributed by atoms with Gasteiger partial charge in [-0.25, -0.2) is 0 Å². The average molecular weight is 297 g/mol. The third-order valence-corrected chi connectivity index (χ3v) is 3.09. The molecular formula is C14H11N5O3. The van der Waals surface area contributed by atoms with Crippen molar-refractivity contribution >= 4 is 17.7 Å². The molecule has 1 aliphatic heterocycles. The Balaban J connectivity index is 2.07. The fraction of sp³-hybridized carbons (Fsp3) is 0.0714. The highest BCUT2D eigenvalue weighted by Gasteiger charge is 2.16. The molecule has 2 aromatic rings. The number of hydrogen-bond acceptors (Lipinski definition) is 7. The summed E-state index contributed by atoms with van der Waals surface area (Å²) >= 11 is 0. The molecule has 0 radical (unpaired) electrons. The van der Waals surface area contributed by atoms with Crippen LogP contribution in [0.2, 0.25) is 0 Å². The molecule has 0 bridgehead atoms. The highest BCUT2D eigenvalue weighted by atomic mass is 16.7. The summed E-state index contributed by atoms with van der Waals surface area (Å²) in [6, 6.07) is 8.33. The topological polar surface area (TPSA) is 129 Å². The molecule has 22 heavy (non-hydrogen) atoms. The van der Waals surface area contributed by atoms with Crippen LogP contribution in [0.4, 0.5) is 11.5 Å². The second-order valence-corrected chi connectivity index (χ2v) is 4.45. The maximum Gasteiger partial charge on any atom is 0.292 e. The van der Waals surface area contributed by atoms with Crippen LogP contribution in [-0.4, -0.2) is 17.7 Å². The number of nitrogens with zero attached hydrogens (tertiary/aromatic N) is 3. The molecule has 1 aromatic carbocycles.